The van der Waals surface area contributed by atoms with Gasteiger partial charge in [0.1, 0.15) is 0 Å². The van der Waals surface area contributed by atoms with Crippen LogP contribution in [0.25, 0.3) is 0 Å². The van der Waals surface area contributed by atoms with Crippen LogP contribution in [-0.4, -0.2) is 30.0 Å². The number of nitrogens with zero attached hydrogens (tertiary/aromatic N) is 2. The second-order valence-corrected chi connectivity index (χ2v) is 9.84. The largest absolute Gasteiger partial charge is 0.306 e. The predicted octanol–water partition coefficient (Wildman–Crippen LogP) is 6.22. The third kappa shape index (κ3) is 3.76. The molecular weight excluding hydrogens is 476 g/mol. The van der Waals surface area contributed by atoms with Crippen molar-refractivity contribution in [2.24, 2.45) is 5.92 Å². The van der Waals surface area contributed by atoms with Crippen LogP contribution >= 0.6 is 43.5 Å². The minimum Gasteiger partial charge on any atom is -0.306 e. The lowest BCUT2D eigenvalue weighted by molar-refractivity contribution is 0.335. The van der Waals surface area contributed by atoms with Gasteiger partial charge in [-0.15, -0.1) is 0 Å². The molecule has 2 atom stereocenters. The van der Waals surface area contributed by atoms with E-state index in [-0.39, 0.29) is 0 Å². The van der Waals surface area contributed by atoms with Crippen LogP contribution in [0.2, 0.25) is 5.02 Å². The Labute approximate surface area is 177 Å². The number of benzene rings is 1. The Morgan fingerprint density at radius 2 is 1.88 bits per heavy atom. The first kappa shape index (κ1) is 18.9. The van der Waals surface area contributed by atoms with E-state index in [9.17, 15) is 0 Å². The first-order valence-corrected chi connectivity index (χ1v) is 11.3. The second kappa shape index (κ2) is 7.90. The molecule has 26 heavy (non-hydrogen) atoms. The molecule has 0 saturated carbocycles. The lowest BCUT2D eigenvalue weighted by atomic mass is 9.77. The average Bonchev–Trinajstić information content (AvgIpc) is 2.89. The molecule has 2 aromatic rings. The second-order valence-electron chi connectivity index (χ2n) is 7.63. The van der Waals surface area contributed by atoms with Crippen LogP contribution in [0.5, 0.6) is 0 Å². The number of aromatic nitrogens is 1. The highest BCUT2D eigenvalue weighted by Gasteiger charge is 2.34. The number of rotatable bonds is 1. The third-order valence-corrected chi connectivity index (χ3v) is 7.19. The van der Waals surface area contributed by atoms with Gasteiger partial charge in [0.15, 0.2) is 0 Å². The summed E-state index contributed by atoms with van der Waals surface area (Å²) in [6.45, 7) is 2.35. The summed E-state index contributed by atoms with van der Waals surface area (Å²) in [5, 5.41) is 0.815. The molecule has 0 N–H and O–H groups in total. The molecule has 2 nitrogen and oxygen atoms in total. The predicted molar refractivity (Wildman–Crippen MR) is 115 cm³/mol. The van der Waals surface area contributed by atoms with E-state index in [0.717, 1.165) is 33.4 Å². The van der Waals surface area contributed by atoms with Crippen molar-refractivity contribution in [2.75, 3.05) is 20.1 Å². The minimum atomic E-state index is 0.341. The zero-order chi connectivity index (χ0) is 18.3. The van der Waals surface area contributed by atoms with E-state index < -0.39 is 0 Å². The number of hydrogen-bond donors (Lipinski definition) is 0. The zero-order valence-electron chi connectivity index (χ0n) is 14.9. The van der Waals surface area contributed by atoms with Crippen molar-refractivity contribution in [1.82, 2.24) is 9.88 Å². The first-order valence-electron chi connectivity index (χ1n) is 9.33. The highest BCUT2D eigenvalue weighted by molar-refractivity contribution is 9.10. The molecule has 138 valence electrons. The zero-order valence-corrected chi connectivity index (χ0v) is 18.9. The van der Waals surface area contributed by atoms with Gasteiger partial charge < -0.3 is 4.90 Å². The van der Waals surface area contributed by atoms with E-state index in [1.807, 2.05) is 6.20 Å². The Kier molecular flexibility index (Phi) is 5.75. The fourth-order valence-corrected chi connectivity index (χ4v) is 6.13. The lowest BCUT2D eigenvalue weighted by Gasteiger charge is -2.29. The molecule has 1 fully saturated rings. The summed E-state index contributed by atoms with van der Waals surface area (Å²) in [6.07, 6.45) is 7.72. The van der Waals surface area contributed by atoms with Crippen molar-refractivity contribution in [1.29, 1.82) is 0 Å². The van der Waals surface area contributed by atoms with Gasteiger partial charge in [-0.2, -0.15) is 0 Å². The number of halogens is 3. The fraction of sp³-hybridized carbons (Fsp3) is 0.476. The van der Waals surface area contributed by atoms with Gasteiger partial charge in [0, 0.05) is 26.1 Å². The molecule has 0 radical (unpaired) electrons. The number of hydrogen-bond acceptors (Lipinski definition) is 2. The Hall–Kier alpha value is -0.420. The topological polar surface area (TPSA) is 16.1 Å². The third-order valence-electron chi connectivity index (χ3n) is 5.89. The average molecular weight is 499 g/mol. The van der Waals surface area contributed by atoms with Crippen LogP contribution in [-0.2, 0) is 12.8 Å². The monoisotopic (exact) mass is 496 g/mol. The van der Waals surface area contributed by atoms with Gasteiger partial charge in [0.05, 0.1) is 5.69 Å². The molecule has 0 bridgehead atoms. The summed E-state index contributed by atoms with van der Waals surface area (Å²) in [6, 6.07) is 6.48. The molecule has 1 aromatic carbocycles. The van der Waals surface area contributed by atoms with Crippen LogP contribution < -0.4 is 0 Å². The summed E-state index contributed by atoms with van der Waals surface area (Å²) < 4.78 is 2.21. The van der Waals surface area contributed by atoms with Gasteiger partial charge in [-0.05, 0) is 109 Å². The van der Waals surface area contributed by atoms with E-state index in [2.05, 4.69) is 62.0 Å². The maximum Gasteiger partial charge on any atom is 0.0514 e. The van der Waals surface area contributed by atoms with E-state index >= 15 is 0 Å². The van der Waals surface area contributed by atoms with E-state index in [0.29, 0.717) is 11.8 Å². The Morgan fingerprint density at radius 1 is 1.08 bits per heavy atom. The van der Waals surface area contributed by atoms with Crippen LogP contribution in [0.1, 0.15) is 47.6 Å². The smallest absolute Gasteiger partial charge is 0.0514 e. The fourth-order valence-electron chi connectivity index (χ4n) is 4.63. The van der Waals surface area contributed by atoms with Gasteiger partial charge >= 0.3 is 0 Å². The minimum absolute atomic E-state index is 0.341. The SMILES string of the molecule is CN1CCCC(C2c3ncc(Br)cc3CCc3cc(Cl)cc(Br)c32)CC1. The van der Waals surface area contributed by atoms with Crippen molar-refractivity contribution >= 4 is 43.5 Å². The van der Waals surface area contributed by atoms with E-state index in [4.69, 9.17) is 16.6 Å². The van der Waals surface area contributed by atoms with Crippen LogP contribution in [0.3, 0.4) is 0 Å². The lowest BCUT2D eigenvalue weighted by Crippen LogP contribution is -2.21. The maximum absolute atomic E-state index is 6.39. The number of fused-ring (bicyclic) bond motifs is 2. The van der Waals surface area contributed by atoms with E-state index in [1.165, 1.54) is 48.2 Å². The molecule has 1 aromatic heterocycles. The summed E-state index contributed by atoms with van der Waals surface area (Å²) in [5.74, 6) is 0.954. The Bertz CT molecular complexity index is 824. The first-order chi connectivity index (χ1) is 12.5. The molecule has 2 heterocycles. The quantitative estimate of drug-likeness (QED) is 0.464. The Balaban J connectivity index is 1.87. The summed E-state index contributed by atoms with van der Waals surface area (Å²) in [5.41, 5.74) is 5.43. The molecule has 2 aliphatic rings. The van der Waals surface area contributed by atoms with Crippen molar-refractivity contribution in [3.05, 3.63) is 60.7 Å². The number of pyridine rings is 1. The van der Waals surface area contributed by atoms with Gasteiger partial charge in [-0.25, -0.2) is 0 Å². The molecule has 2 unspecified atom stereocenters. The normalized spacial score (nSPS) is 23.7. The standard InChI is InChI=1S/C21H23Br2ClN2/c1-26-7-2-3-13(6-8-26)20-19-14(10-17(24)11-18(19)23)4-5-15-9-16(22)12-25-21(15)20/h9-13,20H,2-8H2,1H3. The van der Waals surface area contributed by atoms with Crippen LogP contribution in [0.4, 0.5) is 0 Å². The van der Waals surface area contributed by atoms with Crippen LogP contribution in [0, 0.1) is 5.92 Å². The van der Waals surface area contributed by atoms with Gasteiger partial charge in [0.2, 0.25) is 0 Å². The molecule has 4 rings (SSSR count). The molecular formula is C21H23Br2ClN2. The summed E-state index contributed by atoms with van der Waals surface area (Å²) >= 11 is 13.8. The molecule has 1 saturated heterocycles. The van der Waals surface area contributed by atoms with E-state index in [1.54, 1.807) is 0 Å². The summed E-state index contributed by atoms with van der Waals surface area (Å²) in [7, 11) is 2.24. The number of likely N-dealkylation sites (tertiary alicyclic amines) is 1. The maximum atomic E-state index is 6.39. The van der Waals surface area contributed by atoms with Crippen molar-refractivity contribution in [3.8, 4) is 0 Å². The summed E-state index contributed by atoms with van der Waals surface area (Å²) in [4.78, 5) is 7.40. The molecule has 1 aliphatic heterocycles. The molecule has 5 heteroatoms. The molecule has 0 amide bonds. The van der Waals surface area contributed by atoms with Crippen molar-refractivity contribution < 1.29 is 0 Å². The van der Waals surface area contributed by atoms with Crippen molar-refractivity contribution in [3.63, 3.8) is 0 Å². The Morgan fingerprint density at radius 3 is 2.73 bits per heavy atom. The molecule has 1 aliphatic carbocycles. The highest BCUT2D eigenvalue weighted by Crippen LogP contribution is 2.46. The van der Waals surface area contributed by atoms with Gasteiger partial charge in [0.25, 0.3) is 0 Å². The van der Waals surface area contributed by atoms with Gasteiger partial charge in [-0.3, -0.25) is 4.98 Å². The van der Waals surface area contributed by atoms with Crippen molar-refractivity contribution in [2.45, 2.75) is 38.0 Å². The molecule has 0 spiro atoms. The number of aryl methyl sites for hydroxylation is 2. The van der Waals surface area contributed by atoms with Gasteiger partial charge in [-0.1, -0.05) is 27.5 Å². The highest BCUT2D eigenvalue weighted by atomic mass is 79.9. The van der Waals surface area contributed by atoms with Crippen LogP contribution in [0.15, 0.2) is 33.3 Å².